The number of allylic oxidation sites excluding steroid dienone is 1. The zero-order chi connectivity index (χ0) is 17.8. The van der Waals surface area contributed by atoms with Crippen molar-refractivity contribution in [1.82, 2.24) is 0 Å². The molecule has 1 aliphatic heterocycles. The lowest BCUT2D eigenvalue weighted by Gasteiger charge is -2.23. The Bertz CT molecular complexity index is 405. The van der Waals surface area contributed by atoms with Crippen LogP contribution in [0.3, 0.4) is 0 Å². The molecule has 1 unspecified atom stereocenters. The van der Waals surface area contributed by atoms with Gasteiger partial charge in [0.25, 0.3) is 0 Å². The number of ether oxygens (including phenoxy) is 1. The largest absolute Gasteiger partial charge is 0.511 e. The van der Waals surface area contributed by atoms with Crippen molar-refractivity contribution in [2.75, 3.05) is 0 Å². The molecule has 1 heterocycles. The summed E-state index contributed by atoms with van der Waals surface area (Å²) in [5.74, 6) is -1.02. The maximum absolute atomic E-state index is 12.1. The quantitative estimate of drug-likeness (QED) is 0.170. The second-order valence-corrected chi connectivity index (χ2v) is 6.84. The van der Waals surface area contributed by atoms with Crippen molar-refractivity contribution in [3.05, 3.63) is 11.3 Å². The second kappa shape index (κ2) is 12.1. The van der Waals surface area contributed by atoms with Crippen molar-refractivity contribution in [2.24, 2.45) is 0 Å². The van der Waals surface area contributed by atoms with Crippen molar-refractivity contribution >= 4 is 11.8 Å². The predicted octanol–water partition coefficient (Wildman–Crippen LogP) is 5.40. The Morgan fingerprint density at radius 2 is 1.54 bits per heavy atom. The molecule has 4 nitrogen and oxygen atoms in total. The fourth-order valence-corrected chi connectivity index (χ4v) is 3.16. The van der Waals surface area contributed by atoms with Crippen LogP contribution in [0.15, 0.2) is 11.3 Å². The van der Waals surface area contributed by atoms with Crippen LogP contribution in [0.25, 0.3) is 0 Å². The lowest BCUT2D eigenvalue weighted by molar-refractivity contribution is -0.151. The van der Waals surface area contributed by atoms with Crippen LogP contribution >= 0.6 is 0 Å². The summed E-state index contributed by atoms with van der Waals surface area (Å²) >= 11 is 0. The van der Waals surface area contributed by atoms with Gasteiger partial charge >= 0.3 is 5.97 Å². The summed E-state index contributed by atoms with van der Waals surface area (Å²) in [6, 6.07) is 0. The van der Waals surface area contributed by atoms with Crippen LogP contribution in [0.5, 0.6) is 0 Å². The summed E-state index contributed by atoms with van der Waals surface area (Å²) in [7, 11) is 0. The van der Waals surface area contributed by atoms with Gasteiger partial charge in [-0.1, -0.05) is 65.2 Å². The molecule has 0 aliphatic carbocycles. The van der Waals surface area contributed by atoms with Crippen LogP contribution in [0.4, 0.5) is 0 Å². The average molecular weight is 338 g/mol. The molecular formula is C20H34O4. The van der Waals surface area contributed by atoms with E-state index in [0.717, 1.165) is 19.3 Å². The monoisotopic (exact) mass is 338 g/mol. The maximum atomic E-state index is 12.1. The Kier molecular flexibility index (Phi) is 10.4. The van der Waals surface area contributed by atoms with E-state index in [0.29, 0.717) is 12.8 Å². The van der Waals surface area contributed by atoms with E-state index in [9.17, 15) is 14.7 Å². The first-order chi connectivity index (χ1) is 11.6. The third kappa shape index (κ3) is 7.50. The highest BCUT2D eigenvalue weighted by Gasteiger charge is 2.34. The molecule has 1 atom stereocenters. The van der Waals surface area contributed by atoms with E-state index in [1.54, 1.807) is 0 Å². The van der Waals surface area contributed by atoms with Gasteiger partial charge in [-0.15, -0.1) is 0 Å². The minimum Gasteiger partial charge on any atom is -0.511 e. The normalized spacial score (nSPS) is 20.2. The van der Waals surface area contributed by atoms with Crippen LogP contribution in [0.1, 0.15) is 97.3 Å². The Morgan fingerprint density at radius 1 is 0.958 bits per heavy atom. The average Bonchev–Trinajstić information content (AvgIpc) is 2.53. The highest BCUT2D eigenvalue weighted by atomic mass is 16.5. The van der Waals surface area contributed by atoms with Gasteiger partial charge in [-0.05, 0) is 19.3 Å². The molecule has 0 spiro atoms. The van der Waals surface area contributed by atoms with Crippen molar-refractivity contribution < 1.29 is 19.4 Å². The summed E-state index contributed by atoms with van der Waals surface area (Å²) in [6.45, 7) is 4.12. The molecule has 0 aromatic carbocycles. The van der Waals surface area contributed by atoms with Gasteiger partial charge in [0.1, 0.15) is 17.4 Å². The summed E-state index contributed by atoms with van der Waals surface area (Å²) < 4.78 is 5.33. The van der Waals surface area contributed by atoms with Gasteiger partial charge in [-0.3, -0.25) is 4.79 Å². The number of esters is 1. The molecule has 0 aromatic heterocycles. The minimum absolute atomic E-state index is 0.117. The number of cyclic esters (lactones) is 1. The number of aliphatic hydroxyl groups excluding tert-OH is 1. The highest BCUT2D eigenvalue weighted by Crippen LogP contribution is 2.24. The number of hydrogen-bond donors (Lipinski definition) is 1. The maximum Gasteiger partial charge on any atom is 0.345 e. The summed E-state index contributed by atoms with van der Waals surface area (Å²) in [6.07, 6.45) is 12.9. The zero-order valence-corrected chi connectivity index (χ0v) is 15.4. The highest BCUT2D eigenvalue weighted by molar-refractivity contribution is 6.19. The van der Waals surface area contributed by atoms with E-state index < -0.39 is 5.97 Å². The molecule has 24 heavy (non-hydrogen) atoms. The van der Waals surface area contributed by atoms with Crippen molar-refractivity contribution in [2.45, 2.75) is 103 Å². The first-order valence-electron chi connectivity index (χ1n) is 9.76. The fraction of sp³-hybridized carbons (Fsp3) is 0.800. The third-order valence-corrected chi connectivity index (χ3v) is 4.57. The van der Waals surface area contributed by atoms with Gasteiger partial charge in [-0.2, -0.15) is 0 Å². The lowest BCUT2D eigenvalue weighted by Crippen LogP contribution is -2.33. The van der Waals surface area contributed by atoms with Crippen molar-refractivity contribution in [3.8, 4) is 0 Å². The summed E-state index contributed by atoms with van der Waals surface area (Å²) in [5.41, 5.74) is -0.125. The van der Waals surface area contributed by atoms with Crippen LogP contribution in [-0.2, 0) is 14.3 Å². The molecule has 1 aliphatic rings. The fourth-order valence-electron chi connectivity index (χ4n) is 3.16. The molecule has 0 aromatic rings. The van der Waals surface area contributed by atoms with Gasteiger partial charge in [0.05, 0.1) is 0 Å². The molecule has 1 rings (SSSR count). The molecule has 138 valence electrons. The Labute approximate surface area is 146 Å². The number of carbonyl (C=O) groups is 2. The Morgan fingerprint density at radius 3 is 2.08 bits per heavy atom. The van der Waals surface area contributed by atoms with E-state index in [4.69, 9.17) is 4.74 Å². The first-order valence-corrected chi connectivity index (χ1v) is 9.76. The number of ketones is 1. The molecule has 0 amide bonds. The number of rotatable bonds is 12. The topological polar surface area (TPSA) is 63.6 Å². The van der Waals surface area contributed by atoms with Crippen LogP contribution < -0.4 is 0 Å². The molecule has 0 bridgehead atoms. The Hall–Kier alpha value is -1.32. The number of carbonyl (C=O) groups excluding carboxylic acids is 2. The molecule has 1 fully saturated rings. The number of unbranched alkanes of at least 4 members (excludes halogenated alkanes) is 8. The standard InChI is InChI=1S/C20H34O4/c1-3-5-6-7-8-9-10-11-12-14-16-15-18(22)19(20(23)24-16)17(21)13-4-2/h16,21H,3-15H2,1-2H3/b19-17+. The van der Waals surface area contributed by atoms with Gasteiger partial charge in [0, 0.05) is 12.8 Å². The molecule has 4 heteroatoms. The van der Waals surface area contributed by atoms with Crippen LogP contribution in [0, 0.1) is 0 Å². The Balaban J connectivity index is 2.19. The lowest BCUT2D eigenvalue weighted by atomic mass is 9.96. The zero-order valence-electron chi connectivity index (χ0n) is 15.4. The third-order valence-electron chi connectivity index (χ3n) is 4.57. The number of hydrogen-bond acceptors (Lipinski definition) is 4. The molecular weight excluding hydrogens is 304 g/mol. The van der Waals surface area contributed by atoms with Gasteiger partial charge in [-0.25, -0.2) is 4.79 Å². The predicted molar refractivity (Wildman–Crippen MR) is 95.9 cm³/mol. The van der Waals surface area contributed by atoms with E-state index in [-0.39, 0.29) is 29.6 Å². The summed E-state index contributed by atoms with van der Waals surface area (Å²) in [4.78, 5) is 24.0. The first kappa shape index (κ1) is 20.7. The van der Waals surface area contributed by atoms with Gasteiger partial charge in [0.2, 0.25) is 0 Å². The molecule has 1 N–H and O–H groups in total. The molecule has 0 radical (unpaired) electrons. The summed E-state index contributed by atoms with van der Waals surface area (Å²) in [5, 5.41) is 9.81. The van der Waals surface area contributed by atoms with Crippen molar-refractivity contribution in [1.29, 1.82) is 0 Å². The number of aliphatic hydroxyl groups is 1. The minimum atomic E-state index is -0.641. The van der Waals surface area contributed by atoms with Crippen LogP contribution in [0.2, 0.25) is 0 Å². The van der Waals surface area contributed by atoms with Gasteiger partial charge in [0.15, 0.2) is 5.78 Å². The van der Waals surface area contributed by atoms with Crippen molar-refractivity contribution in [3.63, 3.8) is 0 Å². The smallest absolute Gasteiger partial charge is 0.345 e. The van der Waals surface area contributed by atoms with E-state index in [1.807, 2.05) is 6.92 Å². The van der Waals surface area contributed by atoms with Crippen LogP contribution in [-0.4, -0.2) is 23.0 Å². The van der Waals surface area contributed by atoms with E-state index in [2.05, 4.69) is 6.92 Å². The molecule has 1 saturated heterocycles. The second-order valence-electron chi connectivity index (χ2n) is 6.84. The van der Waals surface area contributed by atoms with E-state index in [1.165, 1.54) is 44.9 Å². The number of Topliss-reactive ketones (excluding diaryl/α,β-unsaturated/α-hetero) is 1. The molecule has 0 saturated carbocycles. The van der Waals surface area contributed by atoms with Gasteiger partial charge < -0.3 is 9.84 Å². The van der Waals surface area contributed by atoms with E-state index >= 15 is 0 Å². The SMILES string of the molecule is CCCCCCCCCCCC1CC(=O)/C(=C(\O)CCC)C(=O)O1.